The zero-order valence-corrected chi connectivity index (χ0v) is 16.8. The van der Waals surface area contributed by atoms with Crippen LogP contribution in [0.1, 0.15) is 43.3 Å². The van der Waals surface area contributed by atoms with E-state index < -0.39 is 0 Å². The largest absolute Gasteiger partial charge is 0.355 e. The van der Waals surface area contributed by atoms with Gasteiger partial charge in [-0.05, 0) is 73.4 Å². The number of H-pyrrole nitrogens is 1. The van der Waals surface area contributed by atoms with E-state index in [1.54, 1.807) is 0 Å². The molecule has 0 fully saturated rings. The number of pyridine rings is 1. The van der Waals surface area contributed by atoms with E-state index in [4.69, 9.17) is 0 Å². The summed E-state index contributed by atoms with van der Waals surface area (Å²) in [5, 5.41) is 3.35. The number of benzene rings is 1. The number of rotatable bonds is 7. The minimum Gasteiger partial charge on any atom is -0.355 e. The highest BCUT2D eigenvalue weighted by Gasteiger charge is 2.09. The number of hydrogen-bond donors (Lipinski definition) is 2. The van der Waals surface area contributed by atoms with Crippen molar-refractivity contribution in [3.63, 3.8) is 0 Å². The lowest BCUT2D eigenvalue weighted by atomic mass is 10.1. The quantitative estimate of drug-likeness (QED) is 0.481. The Hall–Kier alpha value is -3.33. The molecule has 0 amide bonds. The third-order valence-electron chi connectivity index (χ3n) is 4.67. The van der Waals surface area contributed by atoms with E-state index in [1.165, 1.54) is 5.56 Å². The third-order valence-corrected chi connectivity index (χ3v) is 4.67. The van der Waals surface area contributed by atoms with Crippen molar-refractivity contribution in [2.24, 2.45) is 0 Å². The Bertz CT molecular complexity index is 1020. The molecule has 0 aliphatic rings. The molecule has 2 heterocycles. The lowest BCUT2D eigenvalue weighted by Crippen LogP contribution is -2.00. The molecule has 3 aromatic rings. The SMILES string of the molecule is C=C(Nc1ccc(-c2cc(C(=C)C)c(/C=C\C)[nH]2)cc1)c1cc(CC)ccn1. The molecular weight excluding hydrogens is 342 g/mol. The molecule has 3 nitrogen and oxygen atoms in total. The second-order valence-corrected chi connectivity index (χ2v) is 6.87. The summed E-state index contributed by atoms with van der Waals surface area (Å²) in [7, 11) is 0. The van der Waals surface area contributed by atoms with Gasteiger partial charge in [0, 0.05) is 28.8 Å². The highest BCUT2D eigenvalue weighted by atomic mass is 14.9. The average molecular weight is 370 g/mol. The van der Waals surface area contributed by atoms with Gasteiger partial charge in [0.25, 0.3) is 0 Å². The van der Waals surface area contributed by atoms with Crippen LogP contribution in [0, 0.1) is 0 Å². The summed E-state index contributed by atoms with van der Waals surface area (Å²) in [6.45, 7) is 14.4. The van der Waals surface area contributed by atoms with Crippen molar-refractivity contribution in [3.8, 4) is 11.3 Å². The highest BCUT2D eigenvalue weighted by Crippen LogP contribution is 2.28. The smallest absolute Gasteiger partial charge is 0.0861 e. The first-order valence-electron chi connectivity index (χ1n) is 9.55. The van der Waals surface area contributed by atoms with Crippen molar-refractivity contribution >= 4 is 23.0 Å². The van der Waals surface area contributed by atoms with Crippen LogP contribution in [0.25, 0.3) is 28.6 Å². The molecule has 3 heteroatoms. The van der Waals surface area contributed by atoms with Gasteiger partial charge in [-0.25, -0.2) is 0 Å². The average Bonchev–Trinajstić information content (AvgIpc) is 3.13. The Kier molecular flexibility index (Phi) is 5.95. The van der Waals surface area contributed by atoms with Crippen LogP contribution in [-0.4, -0.2) is 9.97 Å². The van der Waals surface area contributed by atoms with Crippen molar-refractivity contribution in [1.29, 1.82) is 0 Å². The van der Waals surface area contributed by atoms with E-state index in [1.807, 2.05) is 32.2 Å². The number of nitrogens with one attached hydrogen (secondary N) is 2. The second-order valence-electron chi connectivity index (χ2n) is 6.87. The number of allylic oxidation sites excluding steroid dienone is 2. The highest BCUT2D eigenvalue weighted by molar-refractivity contribution is 5.78. The summed E-state index contributed by atoms with van der Waals surface area (Å²) in [5.41, 5.74) is 9.38. The van der Waals surface area contributed by atoms with Gasteiger partial charge in [-0.15, -0.1) is 0 Å². The first-order chi connectivity index (χ1) is 13.5. The zero-order chi connectivity index (χ0) is 20.1. The van der Waals surface area contributed by atoms with Crippen LogP contribution in [0.2, 0.25) is 0 Å². The van der Waals surface area contributed by atoms with E-state index in [0.29, 0.717) is 0 Å². The summed E-state index contributed by atoms with van der Waals surface area (Å²) in [6, 6.07) is 14.6. The van der Waals surface area contributed by atoms with Crippen LogP contribution in [0.15, 0.2) is 67.9 Å². The van der Waals surface area contributed by atoms with Crippen molar-refractivity contribution in [1.82, 2.24) is 9.97 Å². The summed E-state index contributed by atoms with van der Waals surface area (Å²) in [5.74, 6) is 0. The van der Waals surface area contributed by atoms with E-state index in [9.17, 15) is 0 Å². The maximum absolute atomic E-state index is 4.41. The van der Waals surface area contributed by atoms with Gasteiger partial charge in [0.05, 0.1) is 11.4 Å². The number of aromatic nitrogens is 2. The number of hydrogen-bond acceptors (Lipinski definition) is 2. The molecule has 1 aromatic carbocycles. The fourth-order valence-electron chi connectivity index (χ4n) is 3.11. The van der Waals surface area contributed by atoms with Crippen LogP contribution in [-0.2, 0) is 6.42 Å². The van der Waals surface area contributed by atoms with Crippen LogP contribution in [0.4, 0.5) is 5.69 Å². The minimum absolute atomic E-state index is 0.794. The molecule has 2 N–H and O–H groups in total. The number of aromatic amines is 1. The molecule has 0 unspecified atom stereocenters. The standard InChI is InChI=1S/C25H27N3/c1-6-8-23-22(17(3)4)16-25(28-23)20-9-11-21(12-10-20)27-18(5)24-15-19(7-2)13-14-26-24/h6,8-16,27-28H,3,5,7H2,1-2,4H3/b8-6-. The first-order valence-corrected chi connectivity index (χ1v) is 9.55. The summed E-state index contributed by atoms with van der Waals surface area (Å²) >= 11 is 0. The van der Waals surface area contributed by atoms with E-state index in [2.05, 4.69) is 77.8 Å². The second kappa shape index (κ2) is 8.57. The lowest BCUT2D eigenvalue weighted by Gasteiger charge is -2.10. The van der Waals surface area contributed by atoms with E-state index in [-0.39, 0.29) is 0 Å². The summed E-state index contributed by atoms with van der Waals surface area (Å²) < 4.78 is 0. The Morgan fingerprint density at radius 2 is 1.89 bits per heavy atom. The molecule has 0 aliphatic carbocycles. The molecule has 2 aromatic heterocycles. The van der Waals surface area contributed by atoms with Crippen molar-refractivity contribution in [2.75, 3.05) is 5.32 Å². The van der Waals surface area contributed by atoms with Crippen LogP contribution in [0.5, 0.6) is 0 Å². The van der Waals surface area contributed by atoms with E-state index >= 15 is 0 Å². The maximum atomic E-state index is 4.41. The Morgan fingerprint density at radius 1 is 1.14 bits per heavy atom. The molecule has 0 aliphatic heterocycles. The molecule has 28 heavy (non-hydrogen) atoms. The number of aryl methyl sites for hydroxylation is 1. The fourth-order valence-corrected chi connectivity index (χ4v) is 3.11. The van der Waals surface area contributed by atoms with Gasteiger partial charge in [0.1, 0.15) is 0 Å². The van der Waals surface area contributed by atoms with Gasteiger partial charge in [0.2, 0.25) is 0 Å². The molecule has 0 radical (unpaired) electrons. The first kappa shape index (κ1) is 19.4. The van der Waals surface area contributed by atoms with Crippen LogP contribution >= 0.6 is 0 Å². The van der Waals surface area contributed by atoms with Gasteiger partial charge in [-0.3, -0.25) is 4.98 Å². The minimum atomic E-state index is 0.794. The van der Waals surface area contributed by atoms with Gasteiger partial charge < -0.3 is 10.3 Å². The Balaban J connectivity index is 1.79. The van der Waals surface area contributed by atoms with Crippen molar-refractivity contribution in [2.45, 2.75) is 27.2 Å². The maximum Gasteiger partial charge on any atom is 0.0861 e. The van der Waals surface area contributed by atoms with Crippen molar-refractivity contribution in [3.05, 3.63) is 90.4 Å². The van der Waals surface area contributed by atoms with Gasteiger partial charge in [0.15, 0.2) is 0 Å². The molecule has 0 spiro atoms. The molecule has 0 atom stereocenters. The Morgan fingerprint density at radius 3 is 2.54 bits per heavy atom. The normalized spacial score (nSPS) is 11.0. The summed E-state index contributed by atoms with van der Waals surface area (Å²) in [6.07, 6.45) is 6.92. The van der Waals surface area contributed by atoms with Gasteiger partial charge in [-0.1, -0.05) is 38.3 Å². The summed E-state index contributed by atoms with van der Waals surface area (Å²) in [4.78, 5) is 7.90. The fraction of sp³-hybridized carbons (Fsp3) is 0.160. The van der Waals surface area contributed by atoms with Crippen LogP contribution < -0.4 is 5.32 Å². The Labute approximate surface area is 167 Å². The monoisotopic (exact) mass is 369 g/mol. The van der Waals surface area contributed by atoms with Gasteiger partial charge in [-0.2, -0.15) is 0 Å². The topological polar surface area (TPSA) is 40.7 Å². The molecule has 0 bridgehead atoms. The number of anilines is 1. The van der Waals surface area contributed by atoms with E-state index in [0.717, 1.165) is 51.6 Å². The lowest BCUT2D eigenvalue weighted by molar-refractivity contribution is 1.11. The van der Waals surface area contributed by atoms with Gasteiger partial charge >= 0.3 is 0 Å². The zero-order valence-electron chi connectivity index (χ0n) is 16.8. The predicted molar refractivity (Wildman–Crippen MR) is 122 cm³/mol. The predicted octanol–water partition coefficient (Wildman–Crippen LogP) is 6.79. The third kappa shape index (κ3) is 4.32. The molecular formula is C25H27N3. The molecule has 142 valence electrons. The van der Waals surface area contributed by atoms with Crippen molar-refractivity contribution < 1.29 is 0 Å². The molecule has 0 saturated heterocycles. The molecule has 0 saturated carbocycles. The molecule has 3 rings (SSSR count). The number of nitrogens with zero attached hydrogens (tertiary/aromatic N) is 1. The van der Waals surface area contributed by atoms with Crippen LogP contribution in [0.3, 0.4) is 0 Å².